The zero-order valence-electron chi connectivity index (χ0n) is 31.7. The summed E-state index contributed by atoms with van der Waals surface area (Å²) in [7, 11) is 0. The molecule has 1 unspecified atom stereocenters. The van der Waals surface area contributed by atoms with Crippen molar-refractivity contribution in [1.82, 2.24) is 19.9 Å². The van der Waals surface area contributed by atoms with Gasteiger partial charge in [0.1, 0.15) is 0 Å². The Labute approximate surface area is 331 Å². The summed E-state index contributed by atoms with van der Waals surface area (Å²) in [4.78, 5) is 20.4. The maximum Gasteiger partial charge on any atom is 0.0973 e. The monoisotopic (exact) mass is 730 g/mol. The molecule has 2 aliphatic rings. The molecule has 5 aromatic carbocycles. The van der Waals surface area contributed by atoms with Crippen molar-refractivity contribution in [3.8, 4) is 33.8 Å². The number of allylic oxidation sites excluding steroid dienone is 4. The highest BCUT2D eigenvalue weighted by molar-refractivity contribution is 6.04. The summed E-state index contributed by atoms with van der Waals surface area (Å²) < 4.78 is 0. The number of fused-ring (bicyclic) bond motifs is 8. The minimum absolute atomic E-state index is 0.257. The molecule has 0 saturated carbocycles. The van der Waals surface area contributed by atoms with Gasteiger partial charge in [-0.1, -0.05) is 146 Å². The second-order valence-electron chi connectivity index (χ2n) is 15.3. The third kappa shape index (κ3) is 5.93. The fourth-order valence-electron chi connectivity index (χ4n) is 8.79. The van der Waals surface area contributed by atoms with Crippen molar-refractivity contribution < 1.29 is 0 Å². The van der Waals surface area contributed by atoms with Gasteiger partial charge in [0.05, 0.1) is 39.1 Å². The number of benzene rings is 5. The molecular formula is C53H38N4. The quantitative estimate of drug-likeness (QED) is 0.165. The number of hydrogen-bond acceptors (Lipinski definition) is 4. The summed E-state index contributed by atoms with van der Waals surface area (Å²) in [6, 6.07) is 47.5. The highest BCUT2D eigenvalue weighted by atomic mass is 14.8. The van der Waals surface area contributed by atoms with Crippen molar-refractivity contribution in [1.29, 1.82) is 0 Å². The molecule has 0 fully saturated rings. The van der Waals surface area contributed by atoms with E-state index in [-0.39, 0.29) is 5.92 Å². The molecule has 1 atom stereocenters. The average molecular weight is 731 g/mol. The van der Waals surface area contributed by atoms with Gasteiger partial charge in [0, 0.05) is 39.2 Å². The minimum Gasteiger partial charge on any atom is -0.256 e. The SMILES string of the molecule is CCC1=CC=Cc2cc(C3C=Cc4ccc(-c5ccc6ccc(-c7ccc8ccc9ccc(-c%10ccccc%10)nc9c8n7)nc6c5)cc4C3)c3cccnc3c2C1. The Morgan fingerprint density at radius 2 is 1.30 bits per heavy atom. The minimum atomic E-state index is 0.257. The van der Waals surface area contributed by atoms with Crippen LogP contribution < -0.4 is 0 Å². The summed E-state index contributed by atoms with van der Waals surface area (Å²) in [6.45, 7) is 2.24. The standard InChI is InChI=1S/C53H38N4/c1-2-33-8-6-11-41-31-45(44-12-7-27-54-53(44)46(41)28-33)42-20-14-34-13-18-39(29-43(34)30-42)40-19-15-36-21-25-48(55-50(36)32-40)49-26-23-38-17-16-37-22-24-47(35-9-4-3-5-10-35)56-51(37)52(38)57-49/h3-27,29,31-32,42H,2,28,30H2,1H3. The summed E-state index contributed by atoms with van der Waals surface area (Å²) in [5, 5.41) is 4.49. The molecule has 4 heteroatoms. The zero-order chi connectivity index (χ0) is 37.9. The second-order valence-corrected chi connectivity index (χ2v) is 15.3. The van der Waals surface area contributed by atoms with Crippen LogP contribution in [0.4, 0.5) is 0 Å². The van der Waals surface area contributed by atoms with Gasteiger partial charge in [-0.25, -0.2) is 15.0 Å². The van der Waals surface area contributed by atoms with Crippen molar-refractivity contribution in [2.24, 2.45) is 0 Å². The first-order chi connectivity index (χ1) is 28.1. The van der Waals surface area contributed by atoms with Crippen LogP contribution in [0.3, 0.4) is 0 Å². The predicted molar refractivity (Wildman–Crippen MR) is 237 cm³/mol. The summed E-state index contributed by atoms with van der Waals surface area (Å²) in [6.07, 6.45) is 16.3. The van der Waals surface area contributed by atoms with Crippen LogP contribution in [0.15, 0.2) is 163 Å². The van der Waals surface area contributed by atoms with Crippen molar-refractivity contribution >= 4 is 55.8 Å². The predicted octanol–water partition coefficient (Wildman–Crippen LogP) is 13.1. The van der Waals surface area contributed by atoms with E-state index >= 15 is 0 Å². The largest absolute Gasteiger partial charge is 0.256 e. The molecule has 0 spiro atoms. The van der Waals surface area contributed by atoms with Crippen molar-refractivity contribution in [3.05, 3.63) is 191 Å². The first-order valence-corrected chi connectivity index (χ1v) is 19.9. The van der Waals surface area contributed by atoms with Crippen LogP contribution in [0, 0.1) is 0 Å². The van der Waals surface area contributed by atoms with Crippen LogP contribution >= 0.6 is 0 Å². The number of nitrogens with zero attached hydrogens (tertiary/aromatic N) is 4. The van der Waals surface area contributed by atoms with Gasteiger partial charge < -0.3 is 0 Å². The van der Waals surface area contributed by atoms with Crippen LogP contribution in [0.5, 0.6) is 0 Å². The molecule has 2 aliphatic carbocycles. The van der Waals surface area contributed by atoms with Gasteiger partial charge in [-0.3, -0.25) is 4.98 Å². The zero-order valence-corrected chi connectivity index (χ0v) is 31.7. The fourth-order valence-corrected chi connectivity index (χ4v) is 8.79. The number of pyridine rings is 4. The highest BCUT2D eigenvalue weighted by Crippen LogP contribution is 2.39. The second kappa shape index (κ2) is 13.6. The topological polar surface area (TPSA) is 51.6 Å². The van der Waals surface area contributed by atoms with Crippen LogP contribution in [0.1, 0.15) is 47.1 Å². The van der Waals surface area contributed by atoms with Gasteiger partial charge in [-0.15, -0.1) is 0 Å². The molecule has 57 heavy (non-hydrogen) atoms. The van der Waals surface area contributed by atoms with Gasteiger partial charge in [-0.05, 0) is 88.5 Å². The molecular weight excluding hydrogens is 693 g/mol. The molecule has 0 aliphatic heterocycles. The van der Waals surface area contributed by atoms with Crippen molar-refractivity contribution in [3.63, 3.8) is 0 Å². The summed E-state index contributed by atoms with van der Waals surface area (Å²) >= 11 is 0. The lowest BCUT2D eigenvalue weighted by atomic mass is 9.81. The molecule has 9 aromatic rings. The van der Waals surface area contributed by atoms with Gasteiger partial charge in [0.25, 0.3) is 0 Å². The van der Waals surface area contributed by atoms with E-state index in [0.717, 1.165) is 85.7 Å². The van der Waals surface area contributed by atoms with E-state index in [0.29, 0.717) is 0 Å². The molecule has 4 heterocycles. The highest BCUT2D eigenvalue weighted by Gasteiger charge is 2.22. The first kappa shape index (κ1) is 33.3. The smallest absolute Gasteiger partial charge is 0.0973 e. The molecule has 4 nitrogen and oxygen atoms in total. The molecule has 0 saturated heterocycles. The Balaban J connectivity index is 0.929. The molecule has 0 amide bonds. The molecule has 270 valence electrons. The van der Waals surface area contributed by atoms with E-state index in [9.17, 15) is 0 Å². The maximum absolute atomic E-state index is 5.19. The lowest BCUT2D eigenvalue weighted by Crippen LogP contribution is -2.08. The van der Waals surface area contributed by atoms with Crippen molar-refractivity contribution in [2.75, 3.05) is 0 Å². The third-order valence-electron chi connectivity index (χ3n) is 11.9. The molecule has 4 aromatic heterocycles. The van der Waals surface area contributed by atoms with Crippen molar-refractivity contribution in [2.45, 2.75) is 32.1 Å². The van der Waals surface area contributed by atoms with Gasteiger partial charge in [-0.2, -0.15) is 0 Å². The van der Waals surface area contributed by atoms with E-state index in [1.165, 1.54) is 44.3 Å². The Kier molecular flexibility index (Phi) is 7.95. The first-order valence-electron chi connectivity index (χ1n) is 19.9. The Bertz CT molecular complexity index is 3170. The van der Waals surface area contributed by atoms with E-state index in [1.54, 1.807) is 0 Å². The van der Waals surface area contributed by atoms with Gasteiger partial charge >= 0.3 is 0 Å². The fraction of sp³-hybridized carbons (Fsp3) is 0.0943. The summed E-state index contributed by atoms with van der Waals surface area (Å²) in [5.41, 5.74) is 18.0. The Morgan fingerprint density at radius 1 is 0.579 bits per heavy atom. The third-order valence-corrected chi connectivity index (χ3v) is 11.9. The van der Waals surface area contributed by atoms with Crippen LogP contribution in [-0.4, -0.2) is 19.9 Å². The number of rotatable bonds is 5. The van der Waals surface area contributed by atoms with Crippen LogP contribution in [-0.2, 0) is 12.8 Å². The Morgan fingerprint density at radius 3 is 2.14 bits per heavy atom. The molecule has 0 N–H and O–H groups in total. The van der Waals surface area contributed by atoms with E-state index in [2.05, 4.69) is 153 Å². The lowest BCUT2D eigenvalue weighted by Gasteiger charge is -2.24. The molecule has 0 radical (unpaired) electrons. The van der Waals surface area contributed by atoms with E-state index in [1.807, 2.05) is 24.4 Å². The Hall–Kier alpha value is -7.04. The lowest BCUT2D eigenvalue weighted by molar-refractivity contribution is 0.833. The normalized spacial score (nSPS) is 14.8. The molecule has 11 rings (SSSR count). The van der Waals surface area contributed by atoms with E-state index < -0.39 is 0 Å². The van der Waals surface area contributed by atoms with Gasteiger partial charge in [0.15, 0.2) is 0 Å². The maximum atomic E-state index is 5.19. The molecule has 0 bridgehead atoms. The number of aromatic nitrogens is 4. The number of hydrogen-bond donors (Lipinski definition) is 0. The van der Waals surface area contributed by atoms with Crippen LogP contribution in [0.25, 0.3) is 89.5 Å². The van der Waals surface area contributed by atoms with Crippen LogP contribution in [0.2, 0.25) is 0 Å². The summed E-state index contributed by atoms with van der Waals surface area (Å²) in [5.74, 6) is 0.257. The van der Waals surface area contributed by atoms with E-state index in [4.69, 9.17) is 19.9 Å². The van der Waals surface area contributed by atoms with Gasteiger partial charge in [0.2, 0.25) is 0 Å². The average Bonchev–Trinajstić information content (AvgIpc) is 3.50.